The maximum absolute atomic E-state index is 11.2. The highest BCUT2D eigenvalue weighted by molar-refractivity contribution is 6.42. The summed E-state index contributed by atoms with van der Waals surface area (Å²) >= 11 is 11.8. The second-order valence-corrected chi connectivity index (χ2v) is 4.38. The van der Waals surface area contributed by atoms with Gasteiger partial charge >= 0.3 is 5.97 Å². The molecule has 0 saturated heterocycles. The first kappa shape index (κ1) is 15.8. The number of carbonyl (C=O) groups is 1. The Labute approximate surface area is 122 Å². The molecule has 0 fully saturated rings. The highest BCUT2D eigenvalue weighted by Crippen LogP contribution is 2.25. The second kappa shape index (κ2) is 8.04. The van der Waals surface area contributed by atoms with Crippen LogP contribution in [0.25, 0.3) is 5.70 Å². The second-order valence-electron chi connectivity index (χ2n) is 3.56. The molecule has 0 amide bonds. The van der Waals surface area contributed by atoms with E-state index in [4.69, 9.17) is 28.0 Å². The summed E-state index contributed by atoms with van der Waals surface area (Å²) in [5.41, 5.74) is 4.16. The number of rotatable bonds is 6. The monoisotopic (exact) mass is 303 g/mol. The van der Waals surface area contributed by atoms with Crippen molar-refractivity contribution >= 4 is 34.9 Å². The van der Waals surface area contributed by atoms with Crippen LogP contribution < -0.4 is 5.48 Å². The Morgan fingerprint density at radius 3 is 2.68 bits per heavy atom. The average Bonchev–Trinajstić information content (AvgIpc) is 2.42. The summed E-state index contributed by atoms with van der Waals surface area (Å²) in [6.07, 6.45) is 1.80. The minimum atomic E-state index is -0.337. The molecule has 1 rings (SSSR count). The SMILES string of the molecule is CCONC(=CCC(=O)OC)c1ccc(Cl)c(Cl)c1. The molecule has 104 valence electrons. The van der Waals surface area contributed by atoms with Gasteiger partial charge in [0.25, 0.3) is 0 Å². The Kier molecular flexibility index (Phi) is 6.70. The summed E-state index contributed by atoms with van der Waals surface area (Å²) in [5, 5.41) is 0.899. The lowest BCUT2D eigenvalue weighted by Gasteiger charge is -2.11. The van der Waals surface area contributed by atoms with Crippen molar-refractivity contribution in [2.24, 2.45) is 0 Å². The Hall–Kier alpha value is -1.23. The molecule has 0 heterocycles. The molecule has 4 nitrogen and oxygen atoms in total. The van der Waals surface area contributed by atoms with E-state index in [1.165, 1.54) is 7.11 Å². The number of hydrogen-bond donors (Lipinski definition) is 1. The molecular formula is C13H15Cl2NO3. The first-order valence-electron chi connectivity index (χ1n) is 5.68. The van der Waals surface area contributed by atoms with Crippen molar-refractivity contribution in [3.05, 3.63) is 39.9 Å². The first-order chi connectivity index (χ1) is 9.08. The van der Waals surface area contributed by atoms with Crippen LogP contribution in [-0.2, 0) is 14.4 Å². The molecule has 0 aliphatic carbocycles. The number of hydroxylamine groups is 1. The molecule has 1 aromatic rings. The van der Waals surface area contributed by atoms with Crippen LogP contribution in [0.3, 0.4) is 0 Å². The highest BCUT2D eigenvalue weighted by Gasteiger charge is 2.06. The maximum atomic E-state index is 11.2. The lowest BCUT2D eigenvalue weighted by molar-refractivity contribution is -0.139. The smallest absolute Gasteiger partial charge is 0.309 e. The molecule has 0 aromatic heterocycles. The van der Waals surface area contributed by atoms with Crippen LogP contribution >= 0.6 is 23.2 Å². The summed E-state index contributed by atoms with van der Waals surface area (Å²) in [6, 6.07) is 5.15. The lowest BCUT2D eigenvalue weighted by atomic mass is 10.1. The normalized spacial score (nSPS) is 11.3. The number of benzene rings is 1. The molecule has 0 spiro atoms. The van der Waals surface area contributed by atoms with Gasteiger partial charge in [-0.3, -0.25) is 15.1 Å². The van der Waals surface area contributed by atoms with Gasteiger partial charge in [-0.25, -0.2) is 0 Å². The molecule has 1 N–H and O–H groups in total. The lowest BCUT2D eigenvalue weighted by Crippen LogP contribution is -2.13. The molecule has 0 radical (unpaired) electrons. The van der Waals surface area contributed by atoms with E-state index in [-0.39, 0.29) is 12.4 Å². The Morgan fingerprint density at radius 1 is 1.37 bits per heavy atom. The fourth-order valence-corrected chi connectivity index (χ4v) is 1.60. The molecule has 0 unspecified atom stereocenters. The summed E-state index contributed by atoms with van der Waals surface area (Å²) < 4.78 is 4.58. The van der Waals surface area contributed by atoms with Crippen LogP contribution in [0.2, 0.25) is 10.0 Å². The van der Waals surface area contributed by atoms with E-state index in [9.17, 15) is 4.79 Å². The standard InChI is InChI=1S/C13H15Cl2NO3/c1-3-19-16-12(6-7-13(17)18-2)9-4-5-10(14)11(15)8-9/h4-6,8,16H,3,7H2,1-2H3. The van der Waals surface area contributed by atoms with Gasteiger partial charge < -0.3 is 4.74 Å². The molecule has 0 bridgehead atoms. The quantitative estimate of drug-likeness (QED) is 0.646. The van der Waals surface area contributed by atoms with Gasteiger partial charge in [0.1, 0.15) is 0 Å². The van der Waals surface area contributed by atoms with Crippen LogP contribution in [0.4, 0.5) is 0 Å². The number of methoxy groups -OCH3 is 1. The minimum Gasteiger partial charge on any atom is -0.469 e. The molecule has 19 heavy (non-hydrogen) atoms. The molecule has 6 heteroatoms. The number of esters is 1. The Bertz CT molecular complexity index is 475. The van der Waals surface area contributed by atoms with Crippen LogP contribution in [0.1, 0.15) is 18.9 Å². The topological polar surface area (TPSA) is 47.6 Å². The van der Waals surface area contributed by atoms with Gasteiger partial charge in [-0.1, -0.05) is 29.3 Å². The zero-order valence-electron chi connectivity index (χ0n) is 10.7. The van der Waals surface area contributed by atoms with Crippen LogP contribution in [-0.4, -0.2) is 19.7 Å². The predicted molar refractivity (Wildman–Crippen MR) is 75.8 cm³/mol. The van der Waals surface area contributed by atoms with Gasteiger partial charge in [0, 0.05) is 5.56 Å². The minimum absolute atomic E-state index is 0.131. The number of halogens is 2. The van der Waals surface area contributed by atoms with Gasteiger partial charge in [0.15, 0.2) is 0 Å². The van der Waals surface area contributed by atoms with Crippen molar-refractivity contribution in [1.82, 2.24) is 5.48 Å². The molecule has 0 saturated carbocycles. The predicted octanol–water partition coefficient (Wildman–Crippen LogP) is 3.44. The maximum Gasteiger partial charge on any atom is 0.309 e. The van der Waals surface area contributed by atoms with E-state index in [2.05, 4.69) is 10.2 Å². The van der Waals surface area contributed by atoms with Crippen molar-refractivity contribution in [3.63, 3.8) is 0 Å². The highest BCUT2D eigenvalue weighted by atomic mass is 35.5. The summed E-state index contributed by atoms with van der Waals surface area (Å²) in [4.78, 5) is 16.3. The van der Waals surface area contributed by atoms with Crippen molar-refractivity contribution in [2.45, 2.75) is 13.3 Å². The largest absolute Gasteiger partial charge is 0.469 e. The van der Waals surface area contributed by atoms with Crippen LogP contribution in [0.15, 0.2) is 24.3 Å². The molecule has 0 aliphatic rings. The number of nitrogens with one attached hydrogen (secondary N) is 1. The Morgan fingerprint density at radius 2 is 2.11 bits per heavy atom. The van der Waals surface area contributed by atoms with Gasteiger partial charge in [0.2, 0.25) is 0 Å². The van der Waals surface area contributed by atoms with E-state index >= 15 is 0 Å². The zero-order valence-corrected chi connectivity index (χ0v) is 12.2. The van der Waals surface area contributed by atoms with E-state index in [0.717, 1.165) is 5.56 Å². The first-order valence-corrected chi connectivity index (χ1v) is 6.44. The molecule has 1 aromatic carbocycles. The fourth-order valence-electron chi connectivity index (χ4n) is 1.30. The van der Waals surface area contributed by atoms with E-state index in [1.807, 2.05) is 6.92 Å². The van der Waals surface area contributed by atoms with E-state index < -0.39 is 0 Å². The molecule has 0 aliphatic heterocycles. The van der Waals surface area contributed by atoms with Gasteiger partial charge in [-0.05, 0) is 25.1 Å². The van der Waals surface area contributed by atoms with Crippen molar-refractivity contribution in [1.29, 1.82) is 0 Å². The third-order valence-electron chi connectivity index (χ3n) is 2.26. The third kappa shape index (κ3) is 5.11. The van der Waals surface area contributed by atoms with Gasteiger partial charge in [-0.2, -0.15) is 0 Å². The number of ether oxygens (including phenoxy) is 1. The molecular weight excluding hydrogens is 289 g/mol. The number of hydrogen-bond acceptors (Lipinski definition) is 4. The van der Waals surface area contributed by atoms with Gasteiger partial charge in [-0.15, -0.1) is 0 Å². The van der Waals surface area contributed by atoms with E-state index in [1.54, 1.807) is 24.3 Å². The van der Waals surface area contributed by atoms with E-state index in [0.29, 0.717) is 22.3 Å². The van der Waals surface area contributed by atoms with Crippen molar-refractivity contribution in [2.75, 3.05) is 13.7 Å². The fraction of sp³-hybridized carbons (Fsp3) is 0.308. The summed E-state index contributed by atoms with van der Waals surface area (Å²) in [6.45, 7) is 2.33. The number of carbonyl (C=O) groups excluding carboxylic acids is 1. The molecule has 0 atom stereocenters. The summed E-state index contributed by atoms with van der Waals surface area (Å²) in [5.74, 6) is -0.337. The van der Waals surface area contributed by atoms with Crippen molar-refractivity contribution in [3.8, 4) is 0 Å². The van der Waals surface area contributed by atoms with Crippen LogP contribution in [0, 0.1) is 0 Å². The zero-order chi connectivity index (χ0) is 14.3. The summed E-state index contributed by atoms with van der Waals surface area (Å²) in [7, 11) is 1.34. The van der Waals surface area contributed by atoms with Crippen LogP contribution in [0.5, 0.6) is 0 Å². The average molecular weight is 304 g/mol. The third-order valence-corrected chi connectivity index (χ3v) is 3.00. The van der Waals surface area contributed by atoms with Crippen molar-refractivity contribution < 1.29 is 14.4 Å². The Balaban J connectivity index is 2.94. The van der Waals surface area contributed by atoms with Gasteiger partial charge in [0.05, 0.1) is 35.9 Å².